The summed E-state index contributed by atoms with van der Waals surface area (Å²) in [5, 5.41) is 0. The van der Waals surface area contributed by atoms with E-state index in [1.165, 1.54) is 4.90 Å². The van der Waals surface area contributed by atoms with Gasteiger partial charge in [0.2, 0.25) is 6.23 Å². The third-order valence-electron chi connectivity index (χ3n) is 5.32. The number of nitrogens with zero attached hydrogens (tertiary/aromatic N) is 1. The van der Waals surface area contributed by atoms with E-state index in [1.54, 1.807) is 49.4 Å². The van der Waals surface area contributed by atoms with Crippen molar-refractivity contribution in [3.63, 3.8) is 0 Å². The molecule has 0 bridgehead atoms. The van der Waals surface area contributed by atoms with Crippen LogP contribution in [0.5, 0.6) is 0 Å². The average Bonchev–Trinajstić information content (AvgIpc) is 3.32. The molecule has 2 aromatic rings. The zero-order chi connectivity index (χ0) is 20.4. The first-order valence-corrected chi connectivity index (χ1v) is 9.62. The van der Waals surface area contributed by atoms with Crippen molar-refractivity contribution in [3.8, 4) is 0 Å². The van der Waals surface area contributed by atoms with Crippen molar-refractivity contribution in [2.24, 2.45) is 0 Å². The molecule has 0 N–H and O–H groups in total. The number of rotatable bonds is 4. The maximum absolute atomic E-state index is 13.6. The van der Waals surface area contributed by atoms with Crippen LogP contribution in [0.15, 0.2) is 72.3 Å². The molecule has 1 spiro atoms. The van der Waals surface area contributed by atoms with Gasteiger partial charge in [-0.3, -0.25) is 9.69 Å². The molecule has 2 aliphatic rings. The topological polar surface area (TPSA) is 72.9 Å². The summed E-state index contributed by atoms with van der Waals surface area (Å²) in [6.45, 7) is 1.88. The zero-order valence-electron chi connectivity index (χ0n) is 16.0. The van der Waals surface area contributed by atoms with Gasteiger partial charge in [-0.2, -0.15) is 0 Å². The Labute approximate surface area is 168 Å². The average molecular weight is 391 g/mol. The molecule has 2 atom stereocenters. The number of benzene rings is 2. The molecule has 148 valence electrons. The van der Waals surface area contributed by atoms with Crippen LogP contribution in [0.1, 0.15) is 41.9 Å². The summed E-state index contributed by atoms with van der Waals surface area (Å²) in [6, 6.07) is 17.8. The lowest BCUT2D eigenvalue weighted by molar-refractivity contribution is -0.147. The number of carbonyl (C=O) groups is 3. The third-order valence-corrected chi connectivity index (χ3v) is 5.32. The van der Waals surface area contributed by atoms with Gasteiger partial charge in [0.25, 0.3) is 5.91 Å². The van der Waals surface area contributed by atoms with Gasteiger partial charge in [-0.15, -0.1) is 0 Å². The molecule has 6 nitrogen and oxygen atoms in total. The number of cyclic esters (lactones) is 1. The summed E-state index contributed by atoms with van der Waals surface area (Å²) >= 11 is 0. The fourth-order valence-electron chi connectivity index (χ4n) is 4.04. The summed E-state index contributed by atoms with van der Waals surface area (Å²) in [5.74, 6) is -1.57. The Balaban J connectivity index is 1.85. The van der Waals surface area contributed by atoms with Crippen molar-refractivity contribution in [1.82, 2.24) is 4.90 Å². The predicted molar refractivity (Wildman–Crippen MR) is 105 cm³/mol. The van der Waals surface area contributed by atoms with Crippen LogP contribution in [0.2, 0.25) is 0 Å². The maximum Gasteiger partial charge on any atom is 0.339 e. The Morgan fingerprint density at radius 1 is 1.10 bits per heavy atom. The highest BCUT2D eigenvalue weighted by molar-refractivity contribution is 6.08. The highest BCUT2D eigenvalue weighted by atomic mass is 16.6. The minimum atomic E-state index is -1.49. The normalized spacial score (nSPS) is 23.1. The van der Waals surface area contributed by atoms with Gasteiger partial charge in [0.05, 0.1) is 12.2 Å². The van der Waals surface area contributed by atoms with Crippen molar-refractivity contribution in [2.45, 2.75) is 31.5 Å². The van der Waals surface area contributed by atoms with Crippen LogP contribution in [0.25, 0.3) is 0 Å². The minimum absolute atomic E-state index is 0.173. The summed E-state index contributed by atoms with van der Waals surface area (Å²) in [5.41, 5.74) is -0.231. The second-order valence-electron chi connectivity index (χ2n) is 6.95. The van der Waals surface area contributed by atoms with Gasteiger partial charge in [-0.1, -0.05) is 54.6 Å². The molecule has 1 unspecified atom stereocenters. The lowest BCUT2D eigenvalue weighted by Crippen LogP contribution is -2.53. The molecular weight excluding hydrogens is 370 g/mol. The van der Waals surface area contributed by atoms with Crippen LogP contribution in [0.3, 0.4) is 0 Å². The molecule has 0 saturated carbocycles. The zero-order valence-corrected chi connectivity index (χ0v) is 16.0. The highest BCUT2D eigenvalue weighted by Crippen LogP contribution is 2.49. The van der Waals surface area contributed by atoms with Crippen molar-refractivity contribution in [2.75, 3.05) is 6.61 Å². The molecule has 0 radical (unpaired) electrons. The molecule has 6 heteroatoms. The van der Waals surface area contributed by atoms with Gasteiger partial charge in [-0.25, -0.2) is 9.59 Å². The van der Waals surface area contributed by atoms with E-state index in [4.69, 9.17) is 9.47 Å². The molecule has 4 rings (SSSR count). The van der Waals surface area contributed by atoms with Gasteiger partial charge in [0, 0.05) is 11.1 Å². The molecule has 0 aromatic heterocycles. The fourth-order valence-corrected chi connectivity index (χ4v) is 4.04. The highest BCUT2D eigenvalue weighted by Gasteiger charge is 2.63. The number of esters is 2. The Morgan fingerprint density at radius 2 is 1.76 bits per heavy atom. The van der Waals surface area contributed by atoms with Crippen LogP contribution < -0.4 is 0 Å². The molecule has 29 heavy (non-hydrogen) atoms. The Bertz CT molecular complexity index is 969. The number of carbonyl (C=O) groups excluding carboxylic acids is 3. The molecule has 1 amide bonds. The first-order chi connectivity index (χ1) is 14.1. The molecular formula is C23H21NO5. The Hall–Kier alpha value is -3.41. The van der Waals surface area contributed by atoms with Crippen molar-refractivity contribution in [1.29, 1.82) is 0 Å². The Morgan fingerprint density at radius 3 is 2.41 bits per heavy atom. The lowest BCUT2D eigenvalue weighted by atomic mass is 9.88. The summed E-state index contributed by atoms with van der Waals surface area (Å²) in [4.78, 5) is 40.8. The predicted octanol–water partition coefficient (Wildman–Crippen LogP) is 3.41. The van der Waals surface area contributed by atoms with Crippen molar-refractivity contribution < 1.29 is 23.9 Å². The quantitative estimate of drug-likeness (QED) is 0.747. The maximum atomic E-state index is 13.6. The van der Waals surface area contributed by atoms with E-state index in [-0.39, 0.29) is 24.5 Å². The number of ether oxygens (including phenoxy) is 2. The monoisotopic (exact) mass is 391 g/mol. The largest absolute Gasteiger partial charge is 0.463 e. The van der Waals surface area contributed by atoms with E-state index >= 15 is 0 Å². The minimum Gasteiger partial charge on any atom is -0.463 e. The molecule has 1 aliphatic heterocycles. The Kier molecular flexibility index (Phi) is 4.92. The summed E-state index contributed by atoms with van der Waals surface area (Å²) in [7, 11) is 0. The molecule has 1 aliphatic carbocycles. The van der Waals surface area contributed by atoms with E-state index in [0.29, 0.717) is 17.5 Å². The SMILES string of the molecule is CCOC(=O)C1=CCCC12C(=O)O[C@H](c1ccccc1)N2C(=O)c1ccccc1. The van der Waals surface area contributed by atoms with Crippen molar-refractivity contribution >= 4 is 17.8 Å². The number of amides is 1. The third kappa shape index (κ3) is 3.01. The number of allylic oxidation sites excluding steroid dienone is 1. The smallest absolute Gasteiger partial charge is 0.339 e. The molecule has 2 aromatic carbocycles. The molecule has 1 heterocycles. The van der Waals surface area contributed by atoms with Crippen LogP contribution in [0, 0.1) is 0 Å². The second kappa shape index (κ2) is 7.54. The molecule has 1 fully saturated rings. The summed E-state index contributed by atoms with van der Waals surface area (Å²) in [6.07, 6.45) is 1.51. The van der Waals surface area contributed by atoms with Crippen LogP contribution >= 0.6 is 0 Å². The van der Waals surface area contributed by atoms with E-state index in [0.717, 1.165) is 0 Å². The second-order valence-corrected chi connectivity index (χ2v) is 6.95. The number of hydrogen-bond donors (Lipinski definition) is 0. The van der Waals surface area contributed by atoms with Crippen LogP contribution in [0.4, 0.5) is 0 Å². The van der Waals surface area contributed by atoms with Gasteiger partial charge in [0.15, 0.2) is 5.54 Å². The van der Waals surface area contributed by atoms with E-state index < -0.39 is 23.7 Å². The van der Waals surface area contributed by atoms with Gasteiger partial charge < -0.3 is 9.47 Å². The van der Waals surface area contributed by atoms with Gasteiger partial charge >= 0.3 is 11.9 Å². The first-order valence-electron chi connectivity index (χ1n) is 9.62. The first kappa shape index (κ1) is 18.9. The molecule has 1 saturated heterocycles. The van der Waals surface area contributed by atoms with Crippen LogP contribution in [-0.2, 0) is 19.1 Å². The van der Waals surface area contributed by atoms with Gasteiger partial charge in [-0.05, 0) is 31.9 Å². The fraction of sp³-hybridized carbons (Fsp3) is 0.261. The standard InChI is InChI=1S/C23H21NO5/c1-2-28-21(26)18-14-9-15-23(18)22(27)29-20(17-12-7-4-8-13-17)24(23)19(25)16-10-5-3-6-11-16/h3-8,10-14,20H,2,9,15H2,1H3/t20-,23?/m1/s1. The number of hydrogen-bond acceptors (Lipinski definition) is 5. The van der Waals surface area contributed by atoms with E-state index in [2.05, 4.69) is 0 Å². The van der Waals surface area contributed by atoms with Gasteiger partial charge in [0.1, 0.15) is 0 Å². The van der Waals surface area contributed by atoms with Crippen LogP contribution in [-0.4, -0.2) is 34.9 Å². The lowest BCUT2D eigenvalue weighted by Gasteiger charge is -2.34. The summed E-state index contributed by atoms with van der Waals surface area (Å²) < 4.78 is 10.9. The van der Waals surface area contributed by atoms with E-state index in [9.17, 15) is 14.4 Å². The van der Waals surface area contributed by atoms with E-state index in [1.807, 2.05) is 24.3 Å². The van der Waals surface area contributed by atoms with Crippen molar-refractivity contribution in [3.05, 3.63) is 83.4 Å².